The van der Waals surface area contributed by atoms with Crippen LogP contribution in [0.3, 0.4) is 0 Å². The smallest absolute Gasteiger partial charge is 0.0679 e. The molecule has 2 aliphatic rings. The molecule has 2 heterocycles. The summed E-state index contributed by atoms with van der Waals surface area (Å²) in [5.74, 6) is 0. The summed E-state index contributed by atoms with van der Waals surface area (Å²) < 4.78 is 5.15. The first-order valence-corrected chi connectivity index (χ1v) is 3.99. The third-order valence-electron chi connectivity index (χ3n) is 2.52. The molecule has 0 atom stereocenters. The molecule has 1 radical (unpaired) electrons. The van der Waals surface area contributed by atoms with E-state index in [0.29, 0.717) is 0 Å². The number of rotatable bonds is 1. The second kappa shape index (κ2) is 2.21. The molecular formula is C8H14NO. The molecule has 2 heteroatoms. The third kappa shape index (κ3) is 0.867. The molecule has 2 aliphatic heterocycles. The lowest BCUT2D eigenvalue weighted by molar-refractivity contribution is -0.107. The van der Waals surface area contributed by atoms with Crippen molar-refractivity contribution in [2.24, 2.45) is 0 Å². The molecule has 10 heavy (non-hydrogen) atoms. The van der Waals surface area contributed by atoms with Crippen molar-refractivity contribution >= 4 is 0 Å². The van der Waals surface area contributed by atoms with Gasteiger partial charge in [0, 0.05) is 0 Å². The zero-order valence-electron chi connectivity index (χ0n) is 6.31. The van der Waals surface area contributed by atoms with Gasteiger partial charge < -0.3 is 4.74 Å². The molecule has 0 amide bonds. The number of hydrogen-bond donors (Lipinski definition) is 0. The zero-order valence-corrected chi connectivity index (χ0v) is 6.31. The Kier molecular flexibility index (Phi) is 1.46. The van der Waals surface area contributed by atoms with E-state index < -0.39 is 0 Å². The van der Waals surface area contributed by atoms with E-state index in [0.717, 1.165) is 13.2 Å². The van der Waals surface area contributed by atoms with Crippen LogP contribution in [0.25, 0.3) is 0 Å². The highest BCUT2D eigenvalue weighted by Gasteiger charge is 2.40. The molecule has 0 aromatic heterocycles. The van der Waals surface area contributed by atoms with Crippen LogP contribution in [-0.2, 0) is 4.74 Å². The molecule has 0 aromatic rings. The molecule has 0 aliphatic carbocycles. The van der Waals surface area contributed by atoms with E-state index in [-0.39, 0.29) is 5.54 Å². The summed E-state index contributed by atoms with van der Waals surface area (Å²) in [4.78, 5) is 2.45. The Hall–Kier alpha value is -0.0800. The lowest BCUT2D eigenvalue weighted by Crippen LogP contribution is -2.59. The summed E-state index contributed by atoms with van der Waals surface area (Å²) >= 11 is 0. The molecule has 0 aromatic carbocycles. The van der Waals surface area contributed by atoms with Gasteiger partial charge in [-0.1, -0.05) is 0 Å². The Morgan fingerprint density at radius 1 is 1.20 bits per heavy atom. The zero-order chi connectivity index (χ0) is 7.03. The Balaban J connectivity index is 1.96. The van der Waals surface area contributed by atoms with Crippen LogP contribution in [0.2, 0.25) is 0 Å². The van der Waals surface area contributed by atoms with E-state index in [1.807, 2.05) is 0 Å². The number of ether oxygens (including phenoxy) is 1. The molecule has 0 saturated carbocycles. The second-order valence-corrected chi connectivity index (χ2v) is 3.41. The highest BCUT2D eigenvalue weighted by molar-refractivity contribution is 5.00. The molecule has 0 unspecified atom stereocenters. The minimum Gasteiger partial charge on any atom is -0.377 e. The molecule has 2 nitrogen and oxygen atoms in total. The fourth-order valence-corrected chi connectivity index (χ4v) is 1.71. The molecule has 2 fully saturated rings. The fourth-order valence-electron chi connectivity index (χ4n) is 1.71. The number of likely N-dealkylation sites (tertiary alicyclic amines) is 1. The van der Waals surface area contributed by atoms with Crippen molar-refractivity contribution in [3.8, 4) is 0 Å². The average molecular weight is 140 g/mol. The van der Waals surface area contributed by atoms with Gasteiger partial charge in [0.05, 0.1) is 18.8 Å². The lowest BCUT2D eigenvalue weighted by atomic mass is 9.99. The van der Waals surface area contributed by atoms with Crippen LogP contribution < -0.4 is 0 Å². The van der Waals surface area contributed by atoms with Gasteiger partial charge in [-0.3, -0.25) is 4.90 Å². The van der Waals surface area contributed by atoms with Crippen molar-refractivity contribution < 1.29 is 4.74 Å². The molecule has 2 saturated heterocycles. The van der Waals surface area contributed by atoms with E-state index in [1.54, 1.807) is 0 Å². The van der Waals surface area contributed by atoms with Gasteiger partial charge in [-0.15, -0.1) is 0 Å². The molecule has 57 valence electrons. The predicted molar refractivity (Wildman–Crippen MR) is 39.7 cm³/mol. The fraction of sp³-hybridized carbons (Fsp3) is 0.875. The SMILES string of the molecule is [CH2]C1(N2CCCC2)COC1. The van der Waals surface area contributed by atoms with Crippen LogP contribution >= 0.6 is 0 Å². The monoisotopic (exact) mass is 140 g/mol. The largest absolute Gasteiger partial charge is 0.377 e. The van der Waals surface area contributed by atoms with Crippen molar-refractivity contribution in [2.45, 2.75) is 18.4 Å². The van der Waals surface area contributed by atoms with Gasteiger partial charge in [0.1, 0.15) is 0 Å². The van der Waals surface area contributed by atoms with Gasteiger partial charge in [-0.2, -0.15) is 0 Å². The molecular weight excluding hydrogens is 126 g/mol. The van der Waals surface area contributed by atoms with Gasteiger partial charge in [-0.05, 0) is 32.9 Å². The molecule has 0 bridgehead atoms. The standard InChI is InChI=1S/C8H14NO/c1-8(6-10-7-8)9-4-2-3-5-9/h1-7H2. The first-order chi connectivity index (χ1) is 4.81. The van der Waals surface area contributed by atoms with Crippen LogP contribution in [0.5, 0.6) is 0 Å². The maximum Gasteiger partial charge on any atom is 0.0679 e. The summed E-state index contributed by atoms with van der Waals surface area (Å²) in [5.41, 5.74) is 0.163. The number of nitrogens with zero attached hydrogens (tertiary/aromatic N) is 1. The highest BCUT2D eigenvalue weighted by atomic mass is 16.5. The van der Waals surface area contributed by atoms with E-state index in [4.69, 9.17) is 4.74 Å². The van der Waals surface area contributed by atoms with Crippen LogP contribution in [-0.4, -0.2) is 36.7 Å². The predicted octanol–water partition coefficient (Wildman–Crippen LogP) is 0.685. The van der Waals surface area contributed by atoms with Crippen LogP contribution in [0.4, 0.5) is 0 Å². The van der Waals surface area contributed by atoms with Crippen molar-refractivity contribution in [1.82, 2.24) is 4.90 Å². The first kappa shape index (κ1) is 6.62. The first-order valence-electron chi connectivity index (χ1n) is 3.99. The quantitative estimate of drug-likeness (QED) is 0.531. The second-order valence-electron chi connectivity index (χ2n) is 3.41. The number of hydrogen-bond acceptors (Lipinski definition) is 2. The van der Waals surface area contributed by atoms with Crippen molar-refractivity contribution in [1.29, 1.82) is 0 Å². The Bertz CT molecular complexity index is 125. The van der Waals surface area contributed by atoms with Gasteiger partial charge in [0.2, 0.25) is 0 Å². The molecule has 2 rings (SSSR count). The van der Waals surface area contributed by atoms with E-state index >= 15 is 0 Å². The van der Waals surface area contributed by atoms with Gasteiger partial charge >= 0.3 is 0 Å². The van der Waals surface area contributed by atoms with E-state index in [1.165, 1.54) is 25.9 Å². The van der Waals surface area contributed by atoms with Crippen LogP contribution in [0.15, 0.2) is 0 Å². The maximum absolute atomic E-state index is 5.15. The Labute approximate surface area is 62.2 Å². The summed E-state index contributed by atoms with van der Waals surface area (Å²) in [7, 11) is 0. The minimum absolute atomic E-state index is 0.163. The van der Waals surface area contributed by atoms with Gasteiger partial charge in [-0.25, -0.2) is 0 Å². The Morgan fingerprint density at radius 3 is 2.20 bits per heavy atom. The van der Waals surface area contributed by atoms with E-state index in [9.17, 15) is 0 Å². The minimum atomic E-state index is 0.163. The lowest BCUT2D eigenvalue weighted by Gasteiger charge is -2.45. The summed E-state index contributed by atoms with van der Waals surface area (Å²) in [6.07, 6.45) is 2.69. The normalized spacial score (nSPS) is 32.1. The van der Waals surface area contributed by atoms with Crippen molar-refractivity contribution in [3.63, 3.8) is 0 Å². The third-order valence-corrected chi connectivity index (χ3v) is 2.52. The topological polar surface area (TPSA) is 12.5 Å². The maximum atomic E-state index is 5.15. The summed E-state index contributed by atoms with van der Waals surface area (Å²) in [6, 6.07) is 0. The molecule has 0 spiro atoms. The van der Waals surface area contributed by atoms with Crippen LogP contribution in [0, 0.1) is 6.92 Å². The average Bonchev–Trinajstić information content (AvgIpc) is 2.33. The van der Waals surface area contributed by atoms with E-state index in [2.05, 4.69) is 11.8 Å². The Morgan fingerprint density at radius 2 is 1.80 bits per heavy atom. The van der Waals surface area contributed by atoms with Gasteiger partial charge in [0.25, 0.3) is 0 Å². The van der Waals surface area contributed by atoms with Crippen molar-refractivity contribution in [2.75, 3.05) is 26.3 Å². The summed E-state index contributed by atoms with van der Waals surface area (Å²) in [5, 5.41) is 0. The van der Waals surface area contributed by atoms with Gasteiger partial charge in [0.15, 0.2) is 0 Å². The molecule has 0 N–H and O–H groups in total. The van der Waals surface area contributed by atoms with Crippen molar-refractivity contribution in [3.05, 3.63) is 6.92 Å². The van der Waals surface area contributed by atoms with Crippen LogP contribution in [0.1, 0.15) is 12.8 Å². The summed E-state index contributed by atoms with van der Waals surface area (Å²) in [6.45, 7) is 8.30. The highest BCUT2D eigenvalue weighted by Crippen LogP contribution is 2.27.